The highest BCUT2D eigenvalue weighted by atomic mass is 16.6. The molecular formula is C20H24O7. The summed E-state index contributed by atoms with van der Waals surface area (Å²) in [6, 6.07) is 0. The summed E-state index contributed by atoms with van der Waals surface area (Å²) in [5.41, 5.74) is -1.69. The molecule has 0 amide bonds. The lowest BCUT2D eigenvalue weighted by Crippen LogP contribution is -2.74. The molecule has 1 spiro atoms. The van der Waals surface area contributed by atoms with Gasteiger partial charge in [-0.05, 0) is 23.8 Å². The van der Waals surface area contributed by atoms with Crippen LogP contribution in [-0.4, -0.2) is 52.4 Å². The number of fused-ring (bicyclic) bond motifs is 1. The van der Waals surface area contributed by atoms with Crippen LogP contribution in [0, 0.1) is 34.5 Å². The minimum Gasteiger partial charge on any atom is -0.462 e. The molecule has 0 aromatic heterocycles. The molecule has 3 aliphatic carbocycles. The predicted octanol–water partition coefficient (Wildman–Crippen LogP) is 0.374. The molecule has 0 aromatic rings. The van der Waals surface area contributed by atoms with Gasteiger partial charge < -0.3 is 19.7 Å². The van der Waals surface area contributed by atoms with Crippen molar-refractivity contribution in [2.24, 2.45) is 34.5 Å². The molecule has 0 aromatic carbocycles. The second-order valence-electron chi connectivity index (χ2n) is 9.36. The van der Waals surface area contributed by atoms with Crippen LogP contribution in [0.15, 0.2) is 12.2 Å². The maximum Gasteiger partial charge on any atom is 0.306 e. The van der Waals surface area contributed by atoms with Gasteiger partial charge in [-0.25, -0.2) is 0 Å². The summed E-state index contributed by atoms with van der Waals surface area (Å²) in [5, 5.41) is 22.3. The number of carbonyl (C=O) groups excluding carboxylic acids is 3. The van der Waals surface area contributed by atoms with E-state index in [2.05, 4.69) is 6.58 Å². The van der Waals surface area contributed by atoms with Crippen LogP contribution in [0.4, 0.5) is 0 Å². The van der Waals surface area contributed by atoms with E-state index >= 15 is 0 Å². The van der Waals surface area contributed by atoms with E-state index in [4.69, 9.17) is 9.47 Å². The zero-order chi connectivity index (χ0) is 19.5. The van der Waals surface area contributed by atoms with Crippen molar-refractivity contribution in [1.82, 2.24) is 0 Å². The number of rotatable bonds is 0. The van der Waals surface area contributed by atoms with E-state index in [-0.39, 0.29) is 37.3 Å². The average Bonchev–Trinajstić information content (AvgIpc) is 2.90. The molecule has 9 atom stereocenters. The number of hydrogen-bond donors (Lipinski definition) is 2. The fourth-order valence-electron chi connectivity index (χ4n) is 7.34. The first kappa shape index (κ1) is 17.5. The van der Waals surface area contributed by atoms with Crippen LogP contribution in [0.3, 0.4) is 0 Å². The lowest BCUT2D eigenvalue weighted by molar-refractivity contribution is -0.295. The average molecular weight is 376 g/mol. The summed E-state index contributed by atoms with van der Waals surface area (Å²) >= 11 is 0. The summed E-state index contributed by atoms with van der Waals surface area (Å²) in [7, 11) is 0. The Labute approximate surface area is 156 Å². The van der Waals surface area contributed by atoms with Crippen molar-refractivity contribution in [2.45, 2.75) is 51.1 Å². The van der Waals surface area contributed by atoms with Crippen molar-refractivity contribution >= 4 is 17.5 Å². The van der Waals surface area contributed by atoms with Gasteiger partial charge in [-0.15, -0.1) is 0 Å². The highest BCUT2D eigenvalue weighted by molar-refractivity contribution is 6.40. The van der Waals surface area contributed by atoms with Crippen molar-refractivity contribution in [3.05, 3.63) is 12.2 Å². The Morgan fingerprint density at radius 2 is 1.93 bits per heavy atom. The molecular weight excluding hydrogens is 352 g/mol. The minimum absolute atomic E-state index is 0.0285. The highest BCUT2D eigenvalue weighted by Crippen LogP contribution is 2.73. The molecule has 7 nitrogen and oxygen atoms in total. The van der Waals surface area contributed by atoms with Crippen LogP contribution in [0.2, 0.25) is 0 Å². The molecule has 2 aliphatic heterocycles. The van der Waals surface area contributed by atoms with Crippen LogP contribution in [-0.2, 0) is 23.9 Å². The first-order valence-electron chi connectivity index (χ1n) is 9.58. The van der Waals surface area contributed by atoms with E-state index in [9.17, 15) is 24.6 Å². The zero-order valence-corrected chi connectivity index (χ0v) is 15.4. The van der Waals surface area contributed by atoms with Crippen molar-refractivity contribution in [3.63, 3.8) is 0 Å². The Kier molecular flexibility index (Phi) is 3.17. The van der Waals surface area contributed by atoms with E-state index in [1.165, 1.54) is 0 Å². The molecule has 146 valence electrons. The maximum absolute atomic E-state index is 13.2. The number of esters is 1. The molecule has 2 heterocycles. The second-order valence-corrected chi connectivity index (χ2v) is 9.36. The predicted molar refractivity (Wildman–Crippen MR) is 90.0 cm³/mol. The summed E-state index contributed by atoms with van der Waals surface area (Å²) < 4.78 is 11.5. The Morgan fingerprint density at radius 1 is 1.22 bits per heavy atom. The van der Waals surface area contributed by atoms with Gasteiger partial charge in [0.15, 0.2) is 5.78 Å². The zero-order valence-electron chi connectivity index (χ0n) is 15.4. The maximum atomic E-state index is 13.2. The summed E-state index contributed by atoms with van der Waals surface area (Å²) in [4.78, 5) is 38.0. The molecule has 5 fully saturated rings. The smallest absolute Gasteiger partial charge is 0.306 e. The number of aliphatic hydroxyl groups excluding tert-OH is 1. The van der Waals surface area contributed by atoms with Gasteiger partial charge in [0.2, 0.25) is 11.6 Å². The van der Waals surface area contributed by atoms with Crippen LogP contribution in [0.5, 0.6) is 0 Å². The molecule has 0 radical (unpaired) electrons. The monoisotopic (exact) mass is 376 g/mol. The minimum atomic E-state index is -2.02. The molecule has 27 heavy (non-hydrogen) atoms. The van der Waals surface area contributed by atoms with E-state index in [0.29, 0.717) is 12.0 Å². The van der Waals surface area contributed by atoms with Crippen molar-refractivity contribution in [1.29, 1.82) is 0 Å². The highest BCUT2D eigenvalue weighted by Gasteiger charge is 2.82. The summed E-state index contributed by atoms with van der Waals surface area (Å²) in [6.45, 7) is 7.65. The first-order valence-corrected chi connectivity index (χ1v) is 9.58. The second kappa shape index (κ2) is 4.88. The number of hydrogen-bond acceptors (Lipinski definition) is 7. The Balaban J connectivity index is 1.78. The third-order valence-electron chi connectivity index (χ3n) is 8.36. The van der Waals surface area contributed by atoms with Gasteiger partial charge in [-0.3, -0.25) is 14.4 Å². The Hall–Kier alpha value is -1.57. The van der Waals surface area contributed by atoms with E-state index in [1.807, 2.05) is 6.92 Å². The quantitative estimate of drug-likeness (QED) is 0.357. The van der Waals surface area contributed by atoms with E-state index < -0.39 is 52.2 Å². The molecule has 7 heteroatoms. The van der Waals surface area contributed by atoms with Crippen LogP contribution >= 0.6 is 0 Å². The van der Waals surface area contributed by atoms with Gasteiger partial charge in [0.1, 0.15) is 12.2 Å². The number of carbonyl (C=O) groups is 3. The van der Waals surface area contributed by atoms with Gasteiger partial charge in [0, 0.05) is 29.1 Å². The summed E-state index contributed by atoms with van der Waals surface area (Å²) in [6.07, 6.45) is -1.34. The molecule has 2 saturated heterocycles. The fraction of sp³-hybridized carbons (Fsp3) is 0.750. The van der Waals surface area contributed by atoms with Crippen LogP contribution in [0.1, 0.15) is 33.1 Å². The Bertz CT molecular complexity index is 804. The SMILES string of the molecule is C=C1C(O)C2(O)OCC34C(CC5C(C)CC(=O)C(=O)C5(C)C23)OC(=O)CC14. The molecule has 5 rings (SSSR count). The summed E-state index contributed by atoms with van der Waals surface area (Å²) in [5.74, 6) is -4.96. The van der Waals surface area contributed by atoms with Gasteiger partial charge in [-0.1, -0.05) is 20.4 Å². The third-order valence-corrected chi connectivity index (χ3v) is 8.36. The molecule has 9 unspecified atom stereocenters. The van der Waals surface area contributed by atoms with Crippen LogP contribution in [0.25, 0.3) is 0 Å². The standard InChI is InChI=1S/C20H24O7/c1-8-4-12(21)16(24)18(3)10(8)5-13-19-7-26-20(25,17(18)19)15(23)9(2)11(19)6-14(22)27-13/h8,10-11,13,15,17,23,25H,2,4-7H2,1,3H3. The van der Waals surface area contributed by atoms with Crippen molar-refractivity contribution in [2.75, 3.05) is 6.61 Å². The normalized spacial score (nSPS) is 56.4. The van der Waals surface area contributed by atoms with Gasteiger partial charge in [-0.2, -0.15) is 0 Å². The van der Waals surface area contributed by atoms with Gasteiger partial charge in [0.05, 0.1) is 13.0 Å². The Morgan fingerprint density at radius 3 is 2.63 bits per heavy atom. The lowest BCUT2D eigenvalue weighted by atomic mass is 9.38. The number of ether oxygens (including phenoxy) is 2. The topological polar surface area (TPSA) is 110 Å². The van der Waals surface area contributed by atoms with Crippen LogP contribution < -0.4 is 0 Å². The number of aliphatic hydroxyl groups is 2. The number of ketones is 2. The van der Waals surface area contributed by atoms with E-state index in [0.717, 1.165) is 0 Å². The van der Waals surface area contributed by atoms with Crippen molar-refractivity contribution in [3.8, 4) is 0 Å². The first-order chi connectivity index (χ1) is 12.6. The molecule has 5 aliphatic rings. The molecule has 2 bridgehead atoms. The molecule has 3 saturated carbocycles. The van der Waals surface area contributed by atoms with E-state index in [1.54, 1.807) is 6.92 Å². The lowest BCUT2D eigenvalue weighted by Gasteiger charge is -2.65. The number of Topliss-reactive ketones (excluding diaryl/α,β-unsaturated/α-hetero) is 2. The van der Waals surface area contributed by atoms with Gasteiger partial charge in [0.25, 0.3) is 0 Å². The van der Waals surface area contributed by atoms with Crippen molar-refractivity contribution < 1.29 is 34.1 Å². The van der Waals surface area contributed by atoms with Gasteiger partial charge >= 0.3 is 5.97 Å². The third kappa shape index (κ3) is 1.68. The largest absolute Gasteiger partial charge is 0.462 e. The fourth-order valence-corrected chi connectivity index (χ4v) is 7.34. The molecule has 2 N–H and O–H groups in total.